The summed E-state index contributed by atoms with van der Waals surface area (Å²) < 4.78 is 19.7. The van der Waals surface area contributed by atoms with Gasteiger partial charge >= 0.3 is 0 Å². The van der Waals surface area contributed by atoms with E-state index in [2.05, 4.69) is 215 Å². The van der Waals surface area contributed by atoms with Crippen molar-refractivity contribution in [1.82, 2.24) is 39.0 Å². The lowest BCUT2D eigenvalue weighted by Crippen LogP contribution is -2.00. The quantitative estimate of drug-likeness (QED) is 0.133. The first kappa shape index (κ1) is 61.4. The molecular formula is C96H58N8O2S. The fourth-order valence-corrected chi connectivity index (χ4v) is 16.5. The van der Waals surface area contributed by atoms with Crippen LogP contribution in [0.2, 0.25) is 0 Å². The van der Waals surface area contributed by atoms with Gasteiger partial charge in [-0.05, 0) is 138 Å². The van der Waals surface area contributed by atoms with Crippen LogP contribution in [0.3, 0.4) is 0 Å². The molecule has 0 fully saturated rings. The van der Waals surface area contributed by atoms with Crippen molar-refractivity contribution < 1.29 is 8.83 Å². The highest BCUT2D eigenvalue weighted by molar-refractivity contribution is 7.25. The van der Waals surface area contributed by atoms with Crippen LogP contribution >= 0.6 is 11.3 Å². The second kappa shape index (κ2) is 25.3. The lowest BCUT2D eigenvalue weighted by Gasteiger charge is -2.11. The van der Waals surface area contributed by atoms with E-state index in [1.807, 2.05) is 157 Å². The molecule has 0 bridgehead atoms. The molecule has 0 spiro atoms. The number of rotatable bonds is 10. The Hall–Kier alpha value is -14.3. The predicted octanol–water partition coefficient (Wildman–Crippen LogP) is 25.4. The topological polar surface area (TPSA) is 113 Å². The number of fused-ring (bicyclic) bond motifs is 15. The Balaban J connectivity index is 0.000000138. The van der Waals surface area contributed by atoms with Crippen LogP contribution in [0, 0.1) is 0 Å². The Kier molecular flexibility index (Phi) is 14.5. The maximum Gasteiger partial charge on any atom is 0.164 e. The number of thiophene rings is 1. The minimum atomic E-state index is 0.635. The summed E-state index contributed by atoms with van der Waals surface area (Å²) in [4.78, 5) is 29.7. The smallest absolute Gasteiger partial charge is 0.164 e. The summed E-state index contributed by atoms with van der Waals surface area (Å²) in [7, 11) is 0. The molecule has 22 aromatic rings. The van der Waals surface area contributed by atoms with Gasteiger partial charge in [0.1, 0.15) is 22.3 Å². The summed E-state index contributed by atoms with van der Waals surface area (Å²) in [6, 6.07) is 123. The van der Waals surface area contributed by atoms with E-state index in [1.54, 1.807) is 0 Å². The fourth-order valence-electron chi connectivity index (χ4n) is 15.4. The van der Waals surface area contributed by atoms with Crippen LogP contribution < -0.4 is 0 Å². The Morgan fingerprint density at radius 1 is 0.206 bits per heavy atom. The van der Waals surface area contributed by atoms with Crippen molar-refractivity contribution in [2.24, 2.45) is 0 Å². The van der Waals surface area contributed by atoms with E-state index in [1.165, 1.54) is 63.9 Å². The van der Waals surface area contributed by atoms with Crippen molar-refractivity contribution in [2.45, 2.75) is 0 Å². The van der Waals surface area contributed by atoms with Gasteiger partial charge in [-0.25, -0.2) is 29.9 Å². The lowest BCUT2D eigenvalue weighted by atomic mass is 10.0. The summed E-state index contributed by atoms with van der Waals surface area (Å²) in [5, 5.41) is 11.7. The maximum atomic E-state index is 6.41. The molecule has 0 radical (unpaired) electrons. The zero-order valence-electron chi connectivity index (χ0n) is 57.3. The normalized spacial score (nSPS) is 11.7. The molecule has 0 unspecified atom stereocenters. The molecular weight excluding hydrogens is 1330 g/mol. The molecule has 11 heteroatoms. The number of aromatic nitrogens is 8. The average molecular weight is 1390 g/mol. The number of hydrogen-bond donors (Lipinski definition) is 0. The molecule has 0 aliphatic rings. The predicted molar refractivity (Wildman–Crippen MR) is 439 cm³/mol. The molecule has 7 aromatic heterocycles. The molecule has 0 N–H and O–H groups in total. The largest absolute Gasteiger partial charge is 0.456 e. The van der Waals surface area contributed by atoms with Gasteiger partial charge in [-0.3, -0.25) is 0 Å². The maximum absolute atomic E-state index is 6.41. The van der Waals surface area contributed by atoms with Crippen LogP contribution in [0.5, 0.6) is 0 Å². The SMILES string of the molecule is c1ccc(-c2nc(-c3ccccc3)nc(-c3ccc(-n4c5ccccc5c5cc(-c6cccc7c6oc6ccccc67)ccc54)cc3)n2)cc1.c1ccc(-c2nc(-c3ccccc3)nc(-c3ccc4sc5ccc(-n6c7ccccc7c7cc(-c8ccc9oc%10ccccc%10c9c8)ccc76)cc5c4c3)n2)cc1. The van der Waals surface area contributed by atoms with Crippen molar-refractivity contribution >= 4 is 119 Å². The molecule has 0 aliphatic carbocycles. The van der Waals surface area contributed by atoms with Gasteiger partial charge in [-0.1, -0.05) is 231 Å². The lowest BCUT2D eigenvalue weighted by molar-refractivity contribution is 0.669. The Bertz CT molecular complexity index is 7130. The van der Waals surface area contributed by atoms with Crippen LogP contribution in [0.15, 0.2) is 361 Å². The second-order valence-corrected chi connectivity index (χ2v) is 28.0. The summed E-state index contributed by atoms with van der Waals surface area (Å²) in [6.07, 6.45) is 0. The third-order valence-corrected chi connectivity index (χ3v) is 21.7. The highest BCUT2D eigenvalue weighted by Gasteiger charge is 2.22. The van der Waals surface area contributed by atoms with Crippen molar-refractivity contribution in [1.29, 1.82) is 0 Å². The minimum Gasteiger partial charge on any atom is -0.456 e. The summed E-state index contributed by atoms with van der Waals surface area (Å²) in [6.45, 7) is 0. The number of nitrogens with zero attached hydrogens (tertiary/aromatic N) is 8. The van der Waals surface area contributed by atoms with Gasteiger partial charge in [0.25, 0.3) is 0 Å². The number of para-hydroxylation sites is 5. The van der Waals surface area contributed by atoms with E-state index in [0.29, 0.717) is 34.9 Å². The van der Waals surface area contributed by atoms with Crippen LogP contribution in [-0.2, 0) is 0 Å². The summed E-state index contributed by atoms with van der Waals surface area (Å²) in [5.74, 6) is 3.89. The summed E-state index contributed by atoms with van der Waals surface area (Å²) >= 11 is 1.81. The van der Waals surface area contributed by atoms with E-state index in [-0.39, 0.29) is 0 Å². The van der Waals surface area contributed by atoms with Gasteiger partial charge in [0.05, 0.1) is 22.1 Å². The van der Waals surface area contributed by atoms with E-state index in [4.69, 9.17) is 38.7 Å². The Morgan fingerprint density at radius 2 is 0.561 bits per heavy atom. The standard InChI is InChI=1S/C51H30N4OS.C45H28N4O/c1-3-11-31(12-4-1)49-52-50(32-13-5-2-6-14-32)54-51(53-49)35-21-25-47-41(29-35)42-30-36(22-26-48(42)57-47)55-43-17-9-7-15-37(43)39-27-33(19-23-44(39)55)34-20-24-46-40(28-34)38-16-8-10-18-45(38)56-46;1-3-12-29(13-4-1)43-46-44(30-14-5-2-6-15-30)48-45(47-43)31-22-25-33(26-23-31)49-39-20-9-7-16-35(39)38-28-32(24-27-40(38)49)34-18-11-19-37-36-17-8-10-21-41(36)50-42(34)37/h1-30H;1-28H. The van der Waals surface area contributed by atoms with Gasteiger partial charge in [-0.2, -0.15) is 0 Å². The van der Waals surface area contributed by atoms with Gasteiger partial charge in [-0.15, -0.1) is 11.3 Å². The molecule has 22 rings (SSSR count). The monoisotopic (exact) mass is 1390 g/mol. The highest BCUT2D eigenvalue weighted by Crippen LogP contribution is 2.44. The molecule has 107 heavy (non-hydrogen) atoms. The van der Waals surface area contributed by atoms with Gasteiger partial charge in [0, 0.05) is 114 Å². The number of benzene rings is 15. The first-order valence-corrected chi connectivity index (χ1v) is 36.5. The van der Waals surface area contributed by atoms with E-state index in [9.17, 15) is 0 Å². The van der Waals surface area contributed by atoms with Gasteiger partial charge in [0.15, 0.2) is 34.9 Å². The first-order chi connectivity index (χ1) is 53.0. The number of furan rings is 2. The van der Waals surface area contributed by atoms with Crippen LogP contribution in [-0.4, -0.2) is 39.0 Å². The molecule has 0 aliphatic heterocycles. The molecule has 0 saturated heterocycles. The third kappa shape index (κ3) is 10.7. The fraction of sp³-hybridized carbons (Fsp3) is 0. The van der Waals surface area contributed by atoms with E-state index >= 15 is 0 Å². The van der Waals surface area contributed by atoms with Crippen LogP contribution in [0.25, 0.3) is 210 Å². The Morgan fingerprint density at radius 3 is 1.12 bits per heavy atom. The van der Waals surface area contributed by atoms with Crippen molar-refractivity contribution in [2.75, 3.05) is 0 Å². The van der Waals surface area contributed by atoms with Crippen LogP contribution in [0.1, 0.15) is 0 Å². The van der Waals surface area contributed by atoms with Crippen molar-refractivity contribution in [3.63, 3.8) is 0 Å². The first-order valence-electron chi connectivity index (χ1n) is 35.7. The zero-order chi connectivity index (χ0) is 70.5. The van der Waals surface area contributed by atoms with Crippen molar-refractivity contribution in [3.8, 4) is 102 Å². The molecule has 0 atom stereocenters. The Labute approximate surface area is 616 Å². The molecule has 0 saturated carbocycles. The molecule has 10 nitrogen and oxygen atoms in total. The summed E-state index contributed by atoms with van der Waals surface area (Å²) in [5.41, 5.74) is 20.7. The highest BCUT2D eigenvalue weighted by atomic mass is 32.1. The van der Waals surface area contributed by atoms with Crippen LogP contribution in [0.4, 0.5) is 0 Å². The number of hydrogen-bond acceptors (Lipinski definition) is 9. The molecule has 0 amide bonds. The van der Waals surface area contributed by atoms with Gasteiger partial charge in [0.2, 0.25) is 0 Å². The average Bonchev–Trinajstić information content (AvgIpc) is 1.59. The minimum absolute atomic E-state index is 0.635. The molecule has 500 valence electrons. The zero-order valence-corrected chi connectivity index (χ0v) is 58.1. The molecule has 15 aromatic carbocycles. The third-order valence-electron chi connectivity index (χ3n) is 20.5. The van der Waals surface area contributed by atoms with E-state index < -0.39 is 0 Å². The van der Waals surface area contributed by atoms with E-state index in [0.717, 1.165) is 111 Å². The van der Waals surface area contributed by atoms with Crippen molar-refractivity contribution in [3.05, 3.63) is 352 Å². The van der Waals surface area contributed by atoms with Gasteiger partial charge < -0.3 is 18.0 Å². The second-order valence-electron chi connectivity index (χ2n) is 26.9. The molecule has 7 heterocycles.